The van der Waals surface area contributed by atoms with Crippen molar-refractivity contribution in [2.24, 2.45) is 17.8 Å². The van der Waals surface area contributed by atoms with Crippen molar-refractivity contribution in [1.29, 1.82) is 0 Å². The van der Waals surface area contributed by atoms with Gasteiger partial charge in [0.25, 0.3) is 0 Å². The van der Waals surface area contributed by atoms with E-state index in [4.69, 9.17) is 6.42 Å². The molecule has 0 aromatic carbocycles. The van der Waals surface area contributed by atoms with E-state index in [9.17, 15) is 0 Å². The molecule has 0 bridgehead atoms. The molecule has 1 aliphatic carbocycles. The van der Waals surface area contributed by atoms with Gasteiger partial charge >= 0.3 is 0 Å². The molecule has 1 heterocycles. The van der Waals surface area contributed by atoms with Crippen molar-refractivity contribution in [3.8, 4) is 12.3 Å². The maximum Gasteiger partial charge on any atom is 0.0288 e. The number of piperidine rings is 1. The Hall–Kier alpha value is -0.480. The van der Waals surface area contributed by atoms with Gasteiger partial charge in [-0.15, -0.1) is 12.3 Å². The summed E-state index contributed by atoms with van der Waals surface area (Å²) >= 11 is 0. The zero-order valence-electron chi connectivity index (χ0n) is 4.72. The van der Waals surface area contributed by atoms with Crippen LogP contribution in [-0.4, -0.2) is 13.1 Å². The van der Waals surface area contributed by atoms with E-state index in [1.165, 1.54) is 13.1 Å². The van der Waals surface area contributed by atoms with Crippen molar-refractivity contribution in [2.45, 2.75) is 0 Å². The van der Waals surface area contributed by atoms with Crippen molar-refractivity contribution in [2.75, 3.05) is 13.1 Å². The Labute approximate surface area is 49.5 Å². The molecular formula is C7H9N. The van der Waals surface area contributed by atoms with Gasteiger partial charge in [-0.1, -0.05) is 0 Å². The van der Waals surface area contributed by atoms with E-state index in [1.54, 1.807) is 0 Å². The Balaban J connectivity index is 2.06. The second kappa shape index (κ2) is 1.27. The van der Waals surface area contributed by atoms with Gasteiger partial charge in [-0.05, 0) is 24.9 Å². The highest BCUT2D eigenvalue weighted by molar-refractivity contribution is 5.16. The molecule has 1 unspecified atom stereocenters. The number of hydrogen-bond acceptors (Lipinski definition) is 1. The lowest BCUT2D eigenvalue weighted by Gasteiger charge is -1.93. The lowest BCUT2D eigenvalue weighted by atomic mass is 10.3. The van der Waals surface area contributed by atoms with Gasteiger partial charge in [0.05, 0.1) is 0 Å². The minimum absolute atomic E-state index is 0.635. The Morgan fingerprint density at radius 3 is 2.38 bits per heavy atom. The third kappa shape index (κ3) is 0.367. The molecule has 1 nitrogen and oxygen atoms in total. The summed E-state index contributed by atoms with van der Waals surface area (Å²) in [5.41, 5.74) is 0. The van der Waals surface area contributed by atoms with Crippen LogP contribution in [0.5, 0.6) is 0 Å². The quantitative estimate of drug-likeness (QED) is 0.432. The molecule has 1 N–H and O–H groups in total. The highest BCUT2D eigenvalue weighted by Gasteiger charge is 2.51. The average molecular weight is 107 g/mol. The largest absolute Gasteiger partial charge is 0.316 e. The van der Waals surface area contributed by atoms with Crippen molar-refractivity contribution in [1.82, 2.24) is 5.32 Å². The molecule has 2 fully saturated rings. The fourth-order valence-electron chi connectivity index (χ4n) is 1.67. The van der Waals surface area contributed by atoms with E-state index in [-0.39, 0.29) is 0 Å². The lowest BCUT2D eigenvalue weighted by molar-refractivity contribution is 0.679. The molecule has 0 aromatic rings. The monoisotopic (exact) mass is 107 g/mol. The van der Waals surface area contributed by atoms with Gasteiger partial charge in [-0.25, -0.2) is 0 Å². The van der Waals surface area contributed by atoms with Gasteiger partial charge < -0.3 is 5.32 Å². The first-order chi connectivity index (χ1) is 3.93. The predicted octanol–water partition coefficient (Wildman–Crippen LogP) is 0.0850. The Kier molecular flexibility index (Phi) is 0.698. The maximum absolute atomic E-state index is 5.25. The summed E-state index contributed by atoms with van der Waals surface area (Å²) in [7, 11) is 0. The van der Waals surface area contributed by atoms with Crippen molar-refractivity contribution < 1.29 is 0 Å². The third-order valence-corrected chi connectivity index (χ3v) is 2.28. The number of terminal acetylenes is 1. The van der Waals surface area contributed by atoms with Gasteiger partial charge in [-0.3, -0.25) is 0 Å². The van der Waals surface area contributed by atoms with Crippen LogP contribution < -0.4 is 5.32 Å². The van der Waals surface area contributed by atoms with Crippen LogP contribution in [0, 0.1) is 30.1 Å². The van der Waals surface area contributed by atoms with E-state index < -0.39 is 0 Å². The second-order valence-corrected chi connectivity index (χ2v) is 2.68. The zero-order chi connectivity index (χ0) is 5.56. The van der Waals surface area contributed by atoms with Gasteiger partial charge in [0.1, 0.15) is 0 Å². The third-order valence-electron chi connectivity index (χ3n) is 2.28. The molecule has 2 rings (SSSR count). The molecule has 0 spiro atoms. The Morgan fingerprint density at radius 1 is 1.38 bits per heavy atom. The molecular weight excluding hydrogens is 98.1 g/mol. The van der Waals surface area contributed by atoms with Gasteiger partial charge in [-0.2, -0.15) is 0 Å². The fraction of sp³-hybridized carbons (Fsp3) is 0.714. The molecule has 0 radical (unpaired) electrons. The Morgan fingerprint density at radius 2 is 2.00 bits per heavy atom. The van der Waals surface area contributed by atoms with E-state index in [2.05, 4.69) is 11.2 Å². The molecule has 3 atom stereocenters. The zero-order valence-corrected chi connectivity index (χ0v) is 4.72. The van der Waals surface area contributed by atoms with Gasteiger partial charge in [0.15, 0.2) is 0 Å². The number of hydrogen-bond donors (Lipinski definition) is 1. The van der Waals surface area contributed by atoms with E-state index >= 15 is 0 Å². The van der Waals surface area contributed by atoms with Crippen molar-refractivity contribution in [3.63, 3.8) is 0 Å². The summed E-state index contributed by atoms with van der Waals surface area (Å²) in [6, 6.07) is 0. The van der Waals surface area contributed by atoms with Crippen LogP contribution in [0.2, 0.25) is 0 Å². The molecule has 2 aliphatic rings. The number of fused-ring (bicyclic) bond motifs is 1. The summed E-state index contributed by atoms with van der Waals surface area (Å²) in [4.78, 5) is 0. The van der Waals surface area contributed by atoms with E-state index in [1.807, 2.05) is 0 Å². The van der Waals surface area contributed by atoms with Crippen molar-refractivity contribution >= 4 is 0 Å². The summed E-state index contributed by atoms with van der Waals surface area (Å²) in [5, 5.41) is 3.29. The maximum atomic E-state index is 5.25. The topological polar surface area (TPSA) is 12.0 Å². The number of nitrogens with one attached hydrogen (secondary N) is 1. The molecule has 1 heteroatoms. The molecule has 1 saturated heterocycles. The predicted molar refractivity (Wildman–Crippen MR) is 32.2 cm³/mol. The van der Waals surface area contributed by atoms with Crippen LogP contribution in [0.4, 0.5) is 0 Å². The van der Waals surface area contributed by atoms with Crippen LogP contribution >= 0.6 is 0 Å². The normalized spacial score (nSPS) is 50.1. The SMILES string of the molecule is C#CC1[C@H]2CNC[C@@H]12. The van der Waals surface area contributed by atoms with Crippen molar-refractivity contribution in [3.05, 3.63) is 0 Å². The van der Waals surface area contributed by atoms with Crippen LogP contribution in [0.25, 0.3) is 0 Å². The minimum atomic E-state index is 0.635. The summed E-state index contributed by atoms with van der Waals surface area (Å²) in [5.74, 6) is 5.13. The summed E-state index contributed by atoms with van der Waals surface area (Å²) in [6.07, 6.45) is 5.25. The summed E-state index contributed by atoms with van der Waals surface area (Å²) in [6.45, 7) is 2.33. The molecule has 8 heavy (non-hydrogen) atoms. The fourth-order valence-corrected chi connectivity index (χ4v) is 1.67. The minimum Gasteiger partial charge on any atom is -0.316 e. The van der Waals surface area contributed by atoms with Crippen LogP contribution in [0.15, 0.2) is 0 Å². The first kappa shape index (κ1) is 4.40. The molecule has 1 aliphatic heterocycles. The smallest absolute Gasteiger partial charge is 0.0288 e. The molecule has 0 amide bonds. The van der Waals surface area contributed by atoms with Crippen LogP contribution in [0.3, 0.4) is 0 Å². The first-order valence-corrected chi connectivity index (χ1v) is 3.10. The standard InChI is InChI=1S/C7H9N/c1-2-5-6-3-8-4-7(5)6/h1,5-8H,3-4H2/t5?,6-,7+. The molecule has 0 aromatic heterocycles. The van der Waals surface area contributed by atoms with Gasteiger partial charge in [0.2, 0.25) is 0 Å². The van der Waals surface area contributed by atoms with Gasteiger partial charge in [0, 0.05) is 5.92 Å². The summed E-state index contributed by atoms with van der Waals surface area (Å²) < 4.78 is 0. The second-order valence-electron chi connectivity index (χ2n) is 2.68. The van der Waals surface area contributed by atoms with Crippen LogP contribution in [0.1, 0.15) is 0 Å². The highest BCUT2D eigenvalue weighted by Crippen LogP contribution is 2.47. The lowest BCUT2D eigenvalue weighted by Crippen LogP contribution is -2.13. The van der Waals surface area contributed by atoms with E-state index in [0.717, 1.165) is 11.8 Å². The number of rotatable bonds is 0. The van der Waals surface area contributed by atoms with E-state index in [0.29, 0.717) is 5.92 Å². The molecule has 1 saturated carbocycles. The highest BCUT2D eigenvalue weighted by atomic mass is 15.0. The molecule has 42 valence electrons. The average Bonchev–Trinajstić information content (AvgIpc) is 2.22. The van der Waals surface area contributed by atoms with Crippen LogP contribution in [-0.2, 0) is 0 Å². The Bertz CT molecular complexity index is 135. The first-order valence-electron chi connectivity index (χ1n) is 3.10.